The second kappa shape index (κ2) is 10.4. The molecule has 1 aromatic carbocycles. The highest BCUT2D eigenvalue weighted by Gasteiger charge is 2.20. The molecule has 2 rings (SSSR count). The van der Waals surface area contributed by atoms with E-state index in [1.165, 1.54) is 11.7 Å². The first-order chi connectivity index (χ1) is 13.5. The summed E-state index contributed by atoms with van der Waals surface area (Å²) in [6, 6.07) is 8.72. The van der Waals surface area contributed by atoms with Crippen molar-refractivity contribution >= 4 is 17.4 Å². The van der Waals surface area contributed by atoms with Crippen LogP contribution in [0.2, 0.25) is 0 Å². The van der Waals surface area contributed by atoms with E-state index in [4.69, 9.17) is 10.5 Å². The van der Waals surface area contributed by atoms with Crippen molar-refractivity contribution in [1.82, 2.24) is 9.55 Å². The Kier molecular flexibility index (Phi) is 7.97. The van der Waals surface area contributed by atoms with Crippen LogP contribution >= 0.6 is 0 Å². The molecule has 0 saturated heterocycles. The number of carbonyl (C=O) groups is 1. The Labute approximate surface area is 162 Å². The van der Waals surface area contributed by atoms with Gasteiger partial charge in [-0.05, 0) is 12.0 Å². The number of rotatable bonds is 10. The molecule has 1 atom stereocenters. The summed E-state index contributed by atoms with van der Waals surface area (Å²) in [5, 5.41) is 5.67. The van der Waals surface area contributed by atoms with Crippen LogP contribution in [0.5, 0.6) is 0 Å². The van der Waals surface area contributed by atoms with Crippen LogP contribution in [0, 0.1) is 0 Å². The molecule has 0 aliphatic rings. The number of anilines is 2. The lowest BCUT2D eigenvalue weighted by atomic mass is 10.1. The zero-order valence-electron chi connectivity index (χ0n) is 16.2. The van der Waals surface area contributed by atoms with Crippen molar-refractivity contribution in [2.45, 2.75) is 38.9 Å². The van der Waals surface area contributed by atoms with Crippen LogP contribution in [0.25, 0.3) is 0 Å². The van der Waals surface area contributed by atoms with Gasteiger partial charge in [-0.15, -0.1) is 0 Å². The lowest BCUT2D eigenvalue weighted by Gasteiger charge is -2.19. The molecule has 9 heteroatoms. The third-order valence-corrected chi connectivity index (χ3v) is 4.21. The zero-order chi connectivity index (χ0) is 20.5. The molecular formula is C19H27N5O4. The Morgan fingerprint density at radius 1 is 1.29 bits per heavy atom. The van der Waals surface area contributed by atoms with E-state index in [9.17, 15) is 14.4 Å². The molecule has 152 valence electrons. The number of H-pyrrole nitrogens is 1. The third-order valence-electron chi connectivity index (χ3n) is 4.21. The molecular weight excluding hydrogens is 362 g/mol. The molecule has 0 saturated carbocycles. The molecule has 1 aromatic heterocycles. The van der Waals surface area contributed by atoms with Crippen LogP contribution in [0.3, 0.4) is 0 Å². The molecule has 0 aliphatic carbocycles. The van der Waals surface area contributed by atoms with Crippen molar-refractivity contribution in [3.63, 3.8) is 0 Å². The van der Waals surface area contributed by atoms with E-state index >= 15 is 0 Å². The van der Waals surface area contributed by atoms with Crippen molar-refractivity contribution in [1.29, 1.82) is 0 Å². The molecule has 9 nitrogen and oxygen atoms in total. The van der Waals surface area contributed by atoms with E-state index in [-0.39, 0.29) is 24.7 Å². The largest absolute Gasteiger partial charge is 0.383 e. The van der Waals surface area contributed by atoms with Gasteiger partial charge in [-0.25, -0.2) is 4.79 Å². The SMILES string of the molecule is CCCC(N)C(=O)Nc1c(NCc2ccccc2)c(=O)[nH]c(=O)n1CCOC. The van der Waals surface area contributed by atoms with Gasteiger partial charge in [0.25, 0.3) is 5.56 Å². The van der Waals surface area contributed by atoms with Gasteiger partial charge < -0.3 is 21.1 Å². The van der Waals surface area contributed by atoms with Gasteiger partial charge in [0.15, 0.2) is 0 Å². The summed E-state index contributed by atoms with van der Waals surface area (Å²) >= 11 is 0. The highest BCUT2D eigenvalue weighted by Crippen LogP contribution is 2.17. The van der Waals surface area contributed by atoms with Gasteiger partial charge in [-0.1, -0.05) is 43.7 Å². The molecule has 1 heterocycles. The Bertz CT molecular complexity index is 891. The Morgan fingerprint density at radius 2 is 2.00 bits per heavy atom. The second-order valence-electron chi connectivity index (χ2n) is 6.35. The molecule has 0 radical (unpaired) electrons. The number of methoxy groups -OCH3 is 1. The fourth-order valence-electron chi connectivity index (χ4n) is 2.70. The normalized spacial score (nSPS) is 11.8. The van der Waals surface area contributed by atoms with Crippen LogP contribution in [-0.2, 0) is 22.6 Å². The Hall–Kier alpha value is -2.91. The maximum absolute atomic E-state index is 12.5. The predicted molar refractivity (Wildman–Crippen MR) is 108 cm³/mol. The van der Waals surface area contributed by atoms with Crippen molar-refractivity contribution in [3.05, 3.63) is 56.7 Å². The van der Waals surface area contributed by atoms with E-state index < -0.39 is 23.2 Å². The van der Waals surface area contributed by atoms with Gasteiger partial charge in [0.1, 0.15) is 11.5 Å². The first-order valence-corrected chi connectivity index (χ1v) is 9.18. The van der Waals surface area contributed by atoms with E-state index in [0.717, 1.165) is 12.0 Å². The van der Waals surface area contributed by atoms with Crippen molar-refractivity contribution < 1.29 is 9.53 Å². The highest BCUT2D eigenvalue weighted by molar-refractivity contribution is 5.96. The lowest BCUT2D eigenvalue weighted by molar-refractivity contribution is -0.117. The average molecular weight is 389 g/mol. The number of aromatic nitrogens is 2. The molecule has 1 unspecified atom stereocenters. The second-order valence-corrected chi connectivity index (χ2v) is 6.35. The van der Waals surface area contributed by atoms with Gasteiger partial charge >= 0.3 is 5.69 Å². The topological polar surface area (TPSA) is 131 Å². The smallest absolute Gasteiger partial charge is 0.330 e. The van der Waals surface area contributed by atoms with Crippen LogP contribution in [-0.4, -0.2) is 35.2 Å². The van der Waals surface area contributed by atoms with E-state index in [1.54, 1.807) is 0 Å². The minimum Gasteiger partial charge on any atom is -0.383 e. The fourth-order valence-corrected chi connectivity index (χ4v) is 2.70. The standard InChI is InChI=1S/C19H27N5O4/c1-3-7-14(20)17(25)22-16-15(21-12-13-8-5-4-6-9-13)18(26)23-19(27)24(16)10-11-28-2/h4-6,8-9,14,21H,3,7,10-12,20H2,1-2H3,(H,22,25)(H,23,26,27). The average Bonchev–Trinajstić information content (AvgIpc) is 2.68. The summed E-state index contributed by atoms with van der Waals surface area (Å²) in [7, 11) is 1.50. The van der Waals surface area contributed by atoms with E-state index in [1.807, 2.05) is 37.3 Å². The molecule has 0 aliphatic heterocycles. The van der Waals surface area contributed by atoms with E-state index in [0.29, 0.717) is 13.0 Å². The molecule has 28 heavy (non-hydrogen) atoms. The third kappa shape index (κ3) is 5.54. The number of nitrogens with zero attached hydrogens (tertiary/aromatic N) is 1. The fraction of sp³-hybridized carbons (Fsp3) is 0.421. The monoisotopic (exact) mass is 389 g/mol. The van der Waals surface area contributed by atoms with Crippen molar-refractivity contribution in [2.75, 3.05) is 24.4 Å². The minimum atomic E-state index is -0.739. The predicted octanol–water partition coefficient (Wildman–Crippen LogP) is 0.861. The van der Waals surface area contributed by atoms with E-state index in [2.05, 4.69) is 15.6 Å². The Morgan fingerprint density at radius 3 is 2.64 bits per heavy atom. The maximum Gasteiger partial charge on any atom is 0.330 e. The molecule has 5 N–H and O–H groups in total. The quantitative estimate of drug-likeness (QED) is 0.477. The van der Waals surface area contributed by atoms with Gasteiger partial charge in [0, 0.05) is 13.7 Å². The number of hydrogen-bond donors (Lipinski definition) is 4. The number of nitrogens with one attached hydrogen (secondary N) is 3. The number of aromatic amines is 1. The summed E-state index contributed by atoms with van der Waals surface area (Å²) in [5.74, 6) is -0.376. The summed E-state index contributed by atoms with van der Waals surface area (Å²) in [6.07, 6.45) is 1.23. The van der Waals surface area contributed by atoms with Gasteiger partial charge in [-0.3, -0.25) is 19.1 Å². The van der Waals surface area contributed by atoms with Crippen LogP contribution in [0.4, 0.5) is 11.5 Å². The molecule has 0 fully saturated rings. The summed E-state index contributed by atoms with van der Waals surface area (Å²) in [4.78, 5) is 39.5. The first-order valence-electron chi connectivity index (χ1n) is 9.18. The van der Waals surface area contributed by atoms with Crippen LogP contribution < -0.4 is 27.6 Å². The molecule has 0 bridgehead atoms. The number of amides is 1. The number of carbonyl (C=O) groups excluding carboxylic acids is 1. The Balaban J connectivity index is 2.41. The minimum absolute atomic E-state index is 0.0817. The maximum atomic E-state index is 12.5. The summed E-state index contributed by atoms with van der Waals surface area (Å²) < 4.78 is 6.30. The molecule has 0 spiro atoms. The number of hydrogen-bond acceptors (Lipinski definition) is 6. The van der Waals surface area contributed by atoms with Gasteiger partial charge in [-0.2, -0.15) is 0 Å². The zero-order valence-corrected chi connectivity index (χ0v) is 16.2. The summed E-state index contributed by atoms with van der Waals surface area (Å²) in [5.41, 5.74) is 5.67. The van der Waals surface area contributed by atoms with Crippen LogP contribution in [0.1, 0.15) is 25.3 Å². The van der Waals surface area contributed by atoms with Crippen LogP contribution in [0.15, 0.2) is 39.9 Å². The number of benzene rings is 1. The molecule has 2 aromatic rings. The number of nitrogens with two attached hydrogens (primary N) is 1. The highest BCUT2D eigenvalue weighted by atomic mass is 16.5. The molecule has 1 amide bonds. The van der Waals surface area contributed by atoms with Gasteiger partial charge in [0.05, 0.1) is 19.2 Å². The van der Waals surface area contributed by atoms with Crippen molar-refractivity contribution in [3.8, 4) is 0 Å². The summed E-state index contributed by atoms with van der Waals surface area (Å²) in [6.45, 7) is 2.65. The van der Waals surface area contributed by atoms with Gasteiger partial charge in [0.2, 0.25) is 5.91 Å². The number of ether oxygens (including phenoxy) is 1. The lowest BCUT2D eigenvalue weighted by Crippen LogP contribution is -2.40. The van der Waals surface area contributed by atoms with Crippen molar-refractivity contribution in [2.24, 2.45) is 5.73 Å². The first kappa shape index (κ1) is 21.4.